The molecule has 0 spiro atoms. The Morgan fingerprint density at radius 2 is 1.86 bits per heavy atom. The van der Waals surface area contributed by atoms with Crippen LogP contribution in [0.2, 0.25) is 0 Å². The Bertz CT molecular complexity index is 1210. The highest BCUT2D eigenvalue weighted by Gasteiger charge is 2.40. The zero-order chi connectivity index (χ0) is 25.9. The molecule has 1 aliphatic rings. The lowest BCUT2D eigenvalue weighted by Crippen LogP contribution is -2.50. The quantitative estimate of drug-likeness (QED) is 0.444. The number of aliphatic hydroxyl groups excluding tert-OH is 1. The fourth-order valence-corrected chi connectivity index (χ4v) is 4.64. The predicted molar refractivity (Wildman–Crippen MR) is 128 cm³/mol. The summed E-state index contributed by atoms with van der Waals surface area (Å²) in [6.45, 7) is 3.41. The monoisotopic (exact) mass is 498 g/mol. The standard InChI is InChI=1S/C26H28F2N4O4/c1-15-9-12-29-16(2)22(15)17-3-5-19(6-4-17)30-25(35)23(18-7-10-26(27,28)11-8-18)31-24(34)20-14-36-32-21(20)13-33/h3-6,9,12,14,18,23,33H,7-8,10-11,13H2,1-2H3,(H,30,35)(H,31,34)/t23-/m0/s1. The fourth-order valence-electron chi connectivity index (χ4n) is 4.64. The van der Waals surface area contributed by atoms with Crippen LogP contribution in [0.3, 0.4) is 0 Å². The Hall–Kier alpha value is -3.66. The number of anilines is 1. The van der Waals surface area contributed by atoms with Gasteiger partial charge in [-0.1, -0.05) is 17.3 Å². The van der Waals surface area contributed by atoms with Gasteiger partial charge in [0.2, 0.25) is 11.8 Å². The third-order valence-electron chi connectivity index (χ3n) is 6.63. The molecule has 0 radical (unpaired) electrons. The SMILES string of the molecule is Cc1ccnc(C)c1-c1ccc(NC(=O)[C@@H](NC(=O)c2conc2CO)C2CCC(F)(F)CC2)cc1. The van der Waals surface area contributed by atoms with Crippen molar-refractivity contribution in [3.63, 3.8) is 0 Å². The van der Waals surface area contributed by atoms with E-state index in [0.29, 0.717) is 5.69 Å². The van der Waals surface area contributed by atoms with Gasteiger partial charge in [-0.2, -0.15) is 0 Å². The number of nitrogens with one attached hydrogen (secondary N) is 2. The van der Waals surface area contributed by atoms with Gasteiger partial charge in [0.1, 0.15) is 23.6 Å². The number of aromatic nitrogens is 2. The van der Waals surface area contributed by atoms with Gasteiger partial charge in [0.25, 0.3) is 5.91 Å². The first kappa shape index (κ1) is 25.4. The molecule has 10 heteroatoms. The molecule has 3 N–H and O–H groups in total. The van der Waals surface area contributed by atoms with Gasteiger partial charge in [-0.15, -0.1) is 0 Å². The van der Waals surface area contributed by atoms with Gasteiger partial charge >= 0.3 is 0 Å². The lowest BCUT2D eigenvalue weighted by molar-refractivity contribution is -0.121. The van der Waals surface area contributed by atoms with E-state index in [9.17, 15) is 23.5 Å². The highest BCUT2D eigenvalue weighted by Crippen LogP contribution is 2.38. The molecule has 0 bridgehead atoms. The molecule has 2 amide bonds. The molecule has 1 atom stereocenters. The molecule has 1 fully saturated rings. The van der Waals surface area contributed by atoms with Crippen LogP contribution in [0.1, 0.15) is 53.0 Å². The Balaban J connectivity index is 1.53. The van der Waals surface area contributed by atoms with Crippen LogP contribution in [0.25, 0.3) is 11.1 Å². The molecular weight excluding hydrogens is 470 g/mol. The summed E-state index contributed by atoms with van der Waals surface area (Å²) in [5, 5.41) is 18.4. The summed E-state index contributed by atoms with van der Waals surface area (Å²) < 4.78 is 32.3. The zero-order valence-corrected chi connectivity index (χ0v) is 20.1. The molecule has 3 aromatic rings. The molecule has 1 aromatic carbocycles. The number of benzene rings is 1. The normalized spacial score (nSPS) is 16.4. The predicted octanol–water partition coefficient (Wildman–Crippen LogP) is 4.41. The smallest absolute Gasteiger partial charge is 0.257 e. The van der Waals surface area contributed by atoms with Gasteiger partial charge in [0, 0.05) is 36.0 Å². The van der Waals surface area contributed by atoms with Crippen LogP contribution >= 0.6 is 0 Å². The van der Waals surface area contributed by atoms with Gasteiger partial charge < -0.3 is 20.3 Å². The van der Waals surface area contributed by atoms with Crippen molar-refractivity contribution in [1.82, 2.24) is 15.5 Å². The van der Waals surface area contributed by atoms with Crippen LogP contribution in [-0.2, 0) is 11.4 Å². The Labute approximate surface area is 207 Å². The average molecular weight is 499 g/mol. The molecule has 0 saturated heterocycles. The second kappa shape index (κ2) is 10.5. The van der Waals surface area contributed by atoms with Gasteiger partial charge in [-0.25, -0.2) is 8.78 Å². The number of halogens is 2. The molecule has 4 rings (SSSR count). The van der Waals surface area contributed by atoms with E-state index in [1.807, 2.05) is 32.0 Å². The number of carbonyl (C=O) groups excluding carboxylic acids is 2. The molecule has 190 valence electrons. The van der Waals surface area contributed by atoms with Crippen LogP contribution < -0.4 is 10.6 Å². The highest BCUT2D eigenvalue weighted by molar-refractivity contribution is 6.01. The van der Waals surface area contributed by atoms with Crippen molar-refractivity contribution in [3.05, 3.63) is 65.3 Å². The number of rotatable bonds is 7. The number of aliphatic hydroxyl groups is 1. The maximum atomic E-state index is 13.8. The maximum absolute atomic E-state index is 13.8. The molecule has 36 heavy (non-hydrogen) atoms. The van der Waals surface area contributed by atoms with Crippen molar-refractivity contribution in [1.29, 1.82) is 0 Å². The van der Waals surface area contributed by atoms with Gasteiger partial charge in [0.05, 0.1) is 6.61 Å². The minimum absolute atomic E-state index is 0.0111. The Kier molecular flexibility index (Phi) is 7.44. The van der Waals surface area contributed by atoms with E-state index in [4.69, 9.17) is 4.52 Å². The fraction of sp³-hybridized carbons (Fsp3) is 0.385. The van der Waals surface area contributed by atoms with Gasteiger partial charge in [-0.3, -0.25) is 14.6 Å². The lowest BCUT2D eigenvalue weighted by Gasteiger charge is -2.33. The number of pyridine rings is 1. The second-order valence-corrected chi connectivity index (χ2v) is 9.13. The molecule has 2 aromatic heterocycles. The molecule has 2 heterocycles. The molecule has 0 unspecified atom stereocenters. The second-order valence-electron chi connectivity index (χ2n) is 9.13. The third-order valence-corrected chi connectivity index (χ3v) is 6.63. The van der Waals surface area contributed by atoms with E-state index in [2.05, 4.69) is 20.8 Å². The van der Waals surface area contributed by atoms with Crippen LogP contribution in [-0.4, -0.2) is 39.0 Å². The lowest BCUT2D eigenvalue weighted by atomic mass is 9.81. The van der Waals surface area contributed by atoms with E-state index in [1.54, 1.807) is 18.3 Å². The summed E-state index contributed by atoms with van der Waals surface area (Å²) in [6.07, 6.45) is 2.28. The number of hydrogen-bond donors (Lipinski definition) is 3. The van der Waals surface area contributed by atoms with Crippen molar-refractivity contribution in [2.75, 3.05) is 5.32 Å². The van der Waals surface area contributed by atoms with Crippen LogP contribution in [0.4, 0.5) is 14.5 Å². The molecular formula is C26H28F2N4O4. The Morgan fingerprint density at radius 1 is 1.17 bits per heavy atom. The van der Waals surface area contributed by atoms with Crippen molar-refractivity contribution in [2.45, 2.75) is 58.1 Å². The van der Waals surface area contributed by atoms with E-state index in [-0.39, 0.29) is 36.9 Å². The summed E-state index contributed by atoms with van der Waals surface area (Å²) in [7, 11) is 0. The van der Waals surface area contributed by atoms with Gasteiger partial charge in [0.15, 0.2) is 0 Å². The van der Waals surface area contributed by atoms with Crippen molar-refractivity contribution >= 4 is 17.5 Å². The van der Waals surface area contributed by atoms with Crippen molar-refractivity contribution in [3.8, 4) is 11.1 Å². The topological polar surface area (TPSA) is 117 Å². The minimum Gasteiger partial charge on any atom is -0.390 e. The van der Waals surface area contributed by atoms with E-state index >= 15 is 0 Å². The first-order chi connectivity index (χ1) is 17.2. The molecule has 0 aliphatic heterocycles. The minimum atomic E-state index is -2.78. The van der Waals surface area contributed by atoms with Crippen molar-refractivity contribution < 1.29 is 28.0 Å². The first-order valence-electron chi connectivity index (χ1n) is 11.7. The number of amides is 2. The van der Waals surface area contributed by atoms with Crippen LogP contribution in [0.15, 0.2) is 47.3 Å². The van der Waals surface area contributed by atoms with E-state index in [0.717, 1.165) is 28.6 Å². The zero-order valence-electron chi connectivity index (χ0n) is 20.1. The number of carbonyl (C=O) groups is 2. The molecule has 1 saturated carbocycles. The number of hydrogen-bond acceptors (Lipinski definition) is 6. The highest BCUT2D eigenvalue weighted by atomic mass is 19.3. The van der Waals surface area contributed by atoms with Crippen LogP contribution in [0.5, 0.6) is 0 Å². The van der Waals surface area contributed by atoms with E-state index in [1.165, 1.54) is 0 Å². The van der Waals surface area contributed by atoms with E-state index < -0.39 is 36.3 Å². The summed E-state index contributed by atoms with van der Waals surface area (Å²) in [4.78, 5) is 30.5. The molecule has 1 aliphatic carbocycles. The third kappa shape index (κ3) is 5.59. The van der Waals surface area contributed by atoms with Crippen LogP contribution in [0, 0.1) is 19.8 Å². The summed E-state index contributed by atoms with van der Waals surface area (Å²) in [5.41, 5.74) is 4.44. The Morgan fingerprint density at radius 3 is 2.50 bits per heavy atom. The molecule has 8 nitrogen and oxygen atoms in total. The summed E-state index contributed by atoms with van der Waals surface area (Å²) in [6, 6.07) is 8.10. The number of nitrogens with zero attached hydrogens (tertiary/aromatic N) is 2. The largest absolute Gasteiger partial charge is 0.390 e. The average Bonchev–Trinajstić information content (AvgIpc) is 3.33. The first-order valence-corrected chi connectivity index (χ1v) is 11.7. The summed E-state index contributed by atoms with van der Waals surface area (Å²) >= 11 is 0. The maximum Gasteiger partial charge on any atom is 0.257 e. The van der Waals surface area contributed by atoms with Gasteiger partial charge in [-0.05, 0) is 61.9 Å². The summed E-state index contributed by atoms with van der Waals surface area (Å²) in [5.74, 6) is -4.44. The number of alkyl halides is 2. The van der Waals surface area contributed by atoms with Crippen molar-refractivity contribution in [2.24, 2.45) is 5.92 Å². The number of aryl methyl sites for hydroxylation is 2.